The van der Waals surface area contributed by atoms with Gasteiger partial charge < -0.3 is 57.2 Å². The second-order valence-electron chi connectivity index (χ2n) is 19.9. The predicted octanol–water partition coefficient (Wildman–Crippen LogP) is 7.63. The van der Waals surface area contributed by atoms with Crippen LogP contribution in [0.3, 0.4) is 0 Å². The van der Waals surface area contributed by atoms with E-state index in [0.29, 0.717) is 0 Å². The van der Waals surface area contributed by atoms with Gasteiger partial charge in [-0.05, 0) is 110 Å². The zero-order chi connectivity index (χ0) is 63.1. The highest BCUT2D eigenvalue weighted by molar-refractivity contribution is 7.30. The molecule has 2 aliphatic heterocycles. The van der Waals surface area contributed by atoms with Crippen LogP contribution in [0.15, 0.2) is 212 Å². The number of benzene rings is 7. The summed E-state index contributed by atoms with van der Waals surface area (Å²) < 4.78 is 80.1. The summed E-state index contributed by atoms with van der Waals surface area (Å²) in [6, 6.07) is 53.0. The number of hydrogen-bond donors (Lipinski definition) is 1. The molecule has 7 aromatic carbocycles. The highest BCUT2D eigenvalue weighted by Crippen LogP contribution is 2.38. The van der Waals surface area contributed by atoms with Gasteiger partial charge in [0.05, 0.1) is 58.6 Å². The number of hydrogen-bond acceptors (Lipinski definition) is 20. The summed E-state index contributed by atoms with van der Waals surface area (Å²) in [5.74, 6) is -7.13. The van der Waals surface area contributed by atoms with E-state index in [1.54, 1.807) is 95.9 Å². The quantitative estimate of drug-likeness (QED) is 0.0366. The van der Waals surface area contributed by atoms with Gasteiger partial charge in [-0.3, -0.25) is 0 Å². The van der Waals surface area contributed by atoms with Gasteiger partial charge in [0.15, 0.2) is 36.8 Å². The molecule has 0 bridgehead atoms. The predicted molar refractivity (Wildman–Crippen MR) is 315 cm³/mol. The monoisotopic (exact) mass is 1230 g/mol. The molecule has 2 aliphatic rings. The van der Waals surface area contributed by atoms with Gasteiger partial charge in [0.1, 0.15) is 31.5 Å². The van der Waals surface area contributed by atoms with Crippen LogP contribution in [0.2, 0.25) is 0 Å². The van der Waals surface area contributed by atoms with Crippen LogP contribution in [0.25, 0.3) is 0 Å². The third-order valence-corrected chi connectivity index (χ3v) is 14.6. The normalized spacial score (nSPS) is 21.2. The summed E-state index contributed by atoms with van der Waals surface area (Å²) in [5, 5.41) is 0. The Bertz CT molecular complexity index is 3420. The molecule has 89 heavy (non-hydrogen) atoms. The van der Waals surface area contributed by atoms with Crippen molar-refractivity contribution >= 4 is 50.0 Å². The first-order chi connectivity index (χ1) is 43.2. The van der Waals surface area contributed by atoms with Crippen molar-refractivity contribution in [3.63, 3.8) is 0 Å². The molecule has 2 saturated heterocycles. The van der Waals surface area contributed by atoms with Gasteiger partial charge in [0.25, 0.3) is 6.29 Å². The second kappa shape index (κ2) is 33.2. The maximum absolute atomic E-state index is 14.5. The van der Waals surface area contributed by atoms with Crippen LogP contribution in [0, 0.1) is 0 Å². The fourth-order valence-electron chi connectivity index (χ4n) is 9.49. The summed E-state index contributed by atoms with van der Waals surface area (Å²) in [4.78, 5) is 114. The van der Waals surface area contributed by atoms with Gasteiger partial charge in [0, 0.05) is 0 Å². The number of nitrogens with one attached hydrogen (secondary N) is 1. The first-order valence-corrected chi connectivity index (χ1v) is 29.7. The van der Waals surface area contributed by atoms with Crippen molar-refractivity contribution in [2.75, 3.05) is 32.8 Å². The van der Waals surface area contributed by atoms with Crippen LogP contribution in [0.4, 0.5) is 0 Å². The smallest absolute Gasteiger partial charge is 0.491 e. The third-order valence-electron chi connectivity index (χ3n) is 14.2. The van der Waals surface area contributed by atoms with Gasteiger partial charge in [0.2, 0.25) is 0 Å². The number of rotatable bonds is 23. The Balaban J connectivity index is 0.00000138. The minimum atomic E-state index is -3.87. The molecular weight excluding hydrogens is 1170 g/mol. The largest absolute Gasteiger partial charge is 0.566 e. The SMILES string of the molecule is CC[NH+](CC)CC.O=C(OC[C@H]1O[C@H](O[P+](=O)[O-])[C@@H](OC(=O)c2ccccc2)[C@@H](OC(=O)c2ccccc2)[C@@H]1O[C@@H]1O[C@H](COC(=O)c2ccccc2)[C@@H](OC(=O)c2ccccc2)[C@H](OC(=O)c2ccccc2)[C@H]1OC(=O)c1ccccc1)c1ccccc1. The summed E-state index contributed by atoms with van der Waals surface area (Å²) in [7, 11) is -3.87. The van der Waals surface area contributed by atoms with E-state index in [4.69, 9.17) is 51.9 Å². The summed E-state index contributed by atoms with van der Waals surface area (Å²) in [6.45, 7) is 8.82. The van der Waals surface area contributed by atoms with E-state index in [9.17, 15) is 43.0 Å². The molecule has 11 atom stereocenters. The molecule has 0 spiro atoms. The average Bonchev–Trinajstić information content (AvgIpc) is 1.69. The van der Waals surface area contributed by atoms with Crippen molar-refractivity contribution in [2.45, 2.75) is 82.2 Å². The van der Waals surface area contributed by atoms with Crippen molar-refractivity contribution < 1.29 is 99.8 Å². The number of quaternary nitrogens is 1. The molecule has 0 aliphatic carbocycles. The molecule has 9 rings (SSSR count). The number of carbonyl (C=O) groups excluding carboxylic acids is 7. The molecule has 2 fully saturated rings. The molecule has 0 aromatic heterocycles. The second-order valence-corrected chi connectivity index (χ2v) is 20.6. The molecule has 7 aromatic rings. The first-order valence-electron chi connectivity index (χ1n) is 28.6. The Morgan fingerprint density at radius 1 is 0.360 bits per heavy atom. The van der Waals surface area contributed by atoms with Crippen LogP contribution in [0.5, 0.6) is 0 Å². The molecule has 1 unspecified atom stereocenters. The number of ether oxygens (including phenoxy) is 10. The third kappa shape index (κ3) is 18.4. The highest BCUT2D eigenvalue weighted by atomic mass is 31.1. The van der Waals surface area contributed by atoms with Crippen LogP contribution in [0.1, 0.15) is 93.3 Å². The number of esters is 7. The number of carbonyl (C=O) groups is 7. The van der Waals surface area contributed by atoms with Crippen LogP contribution >= 0.6 is 8.25 Å². The Labute approximate surface area is 514 Å². The van der Waals surface area contributed by atoms with Crippen LogP contribution in [-0.2, 0) is 56.5 Å². The van der Waals surface area contributed by atoms with Crippen molar-refractivity contribution in [2.24, 2.45) is 0 Å². The molecule has 1 N–H and O–H groups in total. The maximum Gasteiger partial charge on any atom is 0.491 e. The summed E-state index contributed by atoms with van der Waals surface area (Å²) in [6.07, 6.45) is -20.0. The molecule has 21 nitrogen and oxygen atoms in total. The van der Waals surface area contributed by atoms with Gasteiger partial charge in [-0.2, -0.15) is 0 Å². The average molecular weight is 1240 g/mol. The van der Waals surface area contributed by atoms with Gasteiger partial charge in [-0.25, -0.2) is 33.6 Å². The van der Waals surface area contributed by atoms with E-state index in [1.165, 1.54) is 141 Å². The van der Waals surface area contributed by atoms with Crippen molar-refractivity contribution in [3.8, 4) is 0 Å². The van der Waals surface area contributed by atoms with Crippen LogP contribution in [-0.4, -0.2) is 136 Å². The molecule has 22 heteroatoms. The first kappa shape index (κ1) is 65.7. The Morgan fingerprint density at radius 2 is 0.607 bits per heavy atom. The highest BCUT2D eigenvalue weighted by Gasteiger charge is 2.59. The van der Waals surface area contributed by atoms with Gasteiger partial charge >= 0.3 is 50.0 Å². The van der Waals surface area contributed by atoms with Crippen molar-refractivity contribution in [3.05, 3.63) is 251 Å². The topological polar surface area (TPSA) is 266 Å². The lowest BCUT2D eigenvalue weighted by molar-refractivity contribution is -0.894. The van der Waals surface area contributed by atoms with E-state index in [2.05, 4.69) is 20.8 Å². The lowest BCUT2D eigenvalue weighted by Crippen LogP contribution is -3.11. The zero-order valence-corrected chi connectivity index (χ0v) is 49.5. The molecular formula is C67H65NO20P+. The van der Waals surface area contributed by atoms with Crippen molar-refractivity contribution in [1.29, 1.82) is 0 Å². The van der Waals surface area contributed by atoms with Gasteiger partial charge in [-0.15, -0.1) is 4.52 Å². The van der Waals surface area contributed by atoms with E-state index in [1.807, 2.05) is 0 Å². The van der Waals surface area contributed by atoms with E-state index < -0.39 is 125 Å². The minimum absolute atomic E-state index is 0.00915. The Hall–Kier alpha value is -9.31. The van der Waals surface area contributed by atoms with E-state index in [-0.39, 0.29) is 38.9 Å². The Morgan fingerprint density at radius 3 is 0.899 bits per heavy atom. The molecule has 462 valence electrons. The molecule has 0 amide bonds. The summed E-state index contributed by atoms with van der Waals surface area (Å²) >= 11 is 0. The minimum Gasteiger partial charge on any atom is -0.566 e. The molecule has 0 saturated carbocycles. The fraction of sp³-hybridized carbons (Fsp3) is 0.269. The lowest BCUT2D eigenvalue weighted by atomic mass is 9.95. The van der Waals surface area contributed by atoms with E-state index in [0.717, 1.165) is 0 Å². The molecule has 2 heterocycles. The zero-order valence-electron chi connectivity index (χ0n) is 48.6. The maximum atomic E-state index is 14.5. The van der Waals surface area contributed by atoms with E-state index >= 15 is 0 Å². The molecule has 0 radical (unpaired) electrons. The summed E-state index contributed by atoms with van der Waals surface area (Å²) in [5.41, 5.74) is -0.0494. The Kier molecular flexibility index (Phi) is 24.5. The van der Waals surface area contributed by atoms with Gasteiger partial charge in [-0.1, -0.05) is 127 Å². The van der Waals surface area contributed by atoms with Crippen LogP contribution < -0.4 is 9.79 Å². The standard InChI is InChI=1S/C61H49O20P.C6H15N/c62-53(38-22-8-1-9-23-38)71-36-45-47(75-55(64)40-26-12-3-13-27-40)49(76-56(65)41-28-14-4-15-29-41)51(78-58(67)43-32-18-6-19-33-43)60(73-45)80-48-46(37-72-54(63)39-24-10-2-11-25-39)74-61(81-82(69)70)52(79-59(68)44-34-20-7-21-35-44)50(48)77-57(66)42-30-16-5-17-31-42;1-4-7(5-2)6-3/h1-35,45-52,60-61H,36-37H2;4-6H2,1-3H3/p+1/t45-,46-,47-,48-,49+,50+,51-,52+,60+,61-;/m1./s1. The van der Waals surface area contributed by atoms with Crippen molar-refractivity contribution in [1.82, 2.24) is 0 Å². The lowest BCUT2D eigenvalue weighted by Gasteiger charge is -2.48. The fourth-order valence-corrected chi connectivity index (χ4v) is 9.83.